The number of likely N-dealkylation sites (tertiary alicyclic amines) is 1. The maximum atomic E-state index is 13.2. The first-order valence-electron chi connectivity index (χ1n) is 11.0. The first-order chi connectivity index (χ1) is 16.0. The number of rotatable bonds is 5. The maximum absolute atomic E-state index is 13.2. The van der Waals surface area contributed by atoms with Crippen LogP contribution in [0.25, 0.3) is 0 Å². The number of carbonyl (C=O) groups is 2. The van der Waals surface area contributed by atoms with Gasteiger partial charge < -0.3 is 15.0 Å². The van der Waals surface area contributed by atoms with Crippen LogP contribution in [0.2, 0.25) is 0 Å². The first kappa shape index (κ1) is 22.4. The van der Waals surface area contributed by atoms with Gasteiger partial charge in [0.15, 0.2) is 5.82 Å². The lowest BCUT2D eigenvalue weighted by molar-refractivity contribution is 0.0598. The van der Waals surface area contributed by atoms with Gasteiger partial charge in [0.25, 0.3) is 11.8 Å². The largest absolute Gasteiger partial charge is 0.495 e. The molecular formula is C25H27N5O3. The minimum atomic E-state index is -0.314. The van der Waals surface area contributed by atoms with Gasteiger partial charge in [-0.15, -0.1) is 0 Å². The van der Waals surface area contributed by atoms with Gasteiger partial charge in [-0.25, -0.2) is 9.97 Å². The number of hydrogen-bond donors (Lipinski definition) is 1. The molecule has 4 rings (SSSR count). The number of ether oxygens (including phenoxy) is 1. The molecule has 1 atom stereocenters. The Kier molecular flexibility index (Phi) is 6.63. The molecule has 3 aromatic rings. The van der Waals surface area contributed by atoms with E-state index in [4.69, 9.17) is 4.74 Å². The van der Waals surface area contributed by atoms with Crippen molar-refractivity contribution in [3.05, 3.63) is 77.1 Å². The molecule has 0 radical (unpaired) electrons. The molecule has 2 aromatic heterocycles. The van der Waals surface area contributed by atoms with Crippen molar-refractivity contribution < 1.29 is 14.3 Å². The Bertz CT molecular complexity index is 1160. The lowest BCUT2D eigenvalue weighted by atomic mass is 10.00. The van der Waals surface area contributed by atoms with E-state index in [-0.39, 0.29) is 17.9 Å². The van der Waals surface area contributed by atoms with Crippen molar-refractivity contribution in [2.75, 3.05) is 19.0 Å². The van der Waals surface area contributed by atoms with E-state index in [2.05, 4.69) is 20.3 Å². The van der Waals surface area contributed by atoms with Gasteiger partial charge in [0.2, 0.25) is 0 Å². The number of piperidine rings is 1. The average Bonchev–Trinajstić information content (AvgIpc) is 2.84. The minimum absolute atomic E-state index is 0.0774. The molecule has 2 amide bonds. The molecule has 1 aliphatic rings. The maximum Gasteiger partial charge on any atom is 0.259 e. The molecule has 1 aromatic carbocycles. The molecule has 8 heteroatoms. The average molecular weight is 446 g/mol. The molecule has 0 unspecified atom stereocenters. The molecule has 1 aliphatic heterocycles. The number of aromatic nitrogens is 3. The second-order valence-corrected chi connectivity index (χ2v) is 8.08. The summed E-state index contributed by atoms with van der Waals surface area (Å²) in [5.41, 5.74) is 2.92. The highest BCUT2D eigenvalue weighted by atomic mass is 16.5. The Morgan fingerprint density at radius 2 is 1.88 bits per heavy atom. The van der Waals surface area contributed by atoms with Crippen molar-refractivity contribution >= 4 is 17.5 Å². The van der Waals surface area contributed by atoms with Crippen molar-refractivity contribution in [2.24, 2.45) is 0 Å². The fourth-order valence-electron chi connectivity index (χ4n) is 4.01. The van der Waals surface area contributed by atoms with E-state index in [1.165, 1.54) is 6.20 Å². The fraction of sp³-hybridized carbons (Fsp3) is 0.320. The number of nitrogens with one attached hydrogen (secondary N) is 1. The summed E-state index contributed by atoms with van der Waals surface area (Å²) in [6, 6.07) is 10.6. The van der Waals surface area contributed by atoms with Gasteiger partial charge in [0, 0.05) is 24.6 Å². The molecule has 1 N–H and O–H groups in total. The van der Waals surface area contributed by atoms with Crippen molar-refractivity contribution in [2.45, 2.75) is 39.2 Å². The van der Waals surface area contributed by atoms with Crippen LogP contribution in [0.3, 0.4) is 0 Å². The summed E-state index contributed by atoms with van der Waals surface area (Å²) in [6.45, 7) is 4.30. The Labute approximate surface area is 193 Å². The highest BCUT2D eigenvalue weighted by Crippen LogP contribution is 2.31. The van der Waals surface area contributed by atoms with Crippen molar-refractivity contribution in [3.63, 3.8) is 0 Å². The molecule has 3 heterocycles. The van der Waals surface area contributed by atoms with Crippen LogP contribution in [0.15, 0.2) is 48.8 Å². The third-order valence-corrected chi connectivity index (χ3v) is 5.82. The highest BCUT2D eigenvalue weighted by molar-refractivity contribution is 6.05. The number of pyridine rings is 1. The lowest BCUT2D eigenvalue weighted by Crippen LogP contribution is -2.39. The summed E-state index contributed by atoms with van der Waals surface area (Å²) in [5.74, 6) is 0.731. The third kappa shape index (κ3) is 4.84. The quantitative estimate of drug-likeness (QED) is 0.635. The topological polar surface area (TPSA) is 97.3 Å². The number of carbonyl (C=O) groups excluding carboxylic acids is 2. The van der Waals surface area contributed by atoms with Gasteiger partial charge in [-0.2, -0.15) is 0 Å². The molecule has 0 aliphatic carbocycles. The number of anilines is 1. The van der Waals surface area contributed by atoms with E-state index in [1.807, 2.05) is 30.0 Å². The SMILES string of the molecule is COc1ccccc1NC(=O)c1cnc([C@@H]2CCCCN2C(=O)c2ccc(C)nc2)nc1C. The van der Waals surface area contributed by atoms with E-state index in [9.17, 15) is 9.59 Å². The zero-order valence-electron chi connectivity index (χ0n) is 19.0. The molecule has 33 heavy (non-hydrogen) atoms. The standard InChI is InChI=1S/C25H27N5O3/c1-16-11-12-18(14-26-16)25(32)30-13-7-6-9-21(30)23-27-15-19(17(2)28-23)24(31)29-20-8-4-5-10-22(20)33-3/h4-5,8,10-12,14-15,21H,6-7,9,13H2,1-3H3,(H,29,31)/t21-/m0/s1. The minimum Gasteiger partial charge on any atom is -0.495 e. The van der Waals surface area contributed by atoms with Crippen LogP contribution >= 0.6 is 0 Å². The normalized spacial score (nSPS) is 15.7. The zero-order valence-corrected chi connectivity index (χ0v) is 19.0. The van der Waals surface area contributed by atoms with E-state index < -0.39 is 0 Å². The second-order valence-electron chi connectivity index (χ2n) is 8.08. The lowest BCUT2D eigenvalue weighted by Gasteiger charge is -2.35. The summed E-state index contributed by atoms with van der Waals surface area (Å²) in [5, 5.41) is 2.86. The first-order valence-corrected chi connectivity index (χ1v) is 11.0. The Hall–Kier alpha value is -3.81. The van der Waals surface area contributed by atoms with Gasteiger partial charge in [0.1, 0.15) is 5.75 Å². The third-order valence-electron chi connectivity index (χ3n) is 5.82. The van der Waals surface area contributed by atoms with Crippen LogP contribution in [0.1, 0.15) is 63.2 Å². The van der Waals surface area contributed by atoms with Crippen LogP contribution < -0.4 is 10.1 Å². The predicted octanol–water partition coefficient (Wildman–Crippen LogP) is 4.12. The highest BCUT2D eigenvalue weighted by Gasteiger charge is 2.31. The summed E-state index contributed by atoms with van der Waals surface area (Å²) in [4.78, 5) is 41.2. The molecule has 8 nitrogen and oxygen atoms in total. The number of methoxy groups -OCH3 is 1. The van der Waals surface area contributed by atoms with Crippen molar-refractivity contribution in [3.8, 4) is 5.75 Å². The summed E-state index contributed by atoms with van der Waals surface area (Å²) >= 11 is 0. The predicted molar refractivity (Wildman–Crippen MR) is 124 cm³/mol. The number of aryl methyl sites for hydroxylation is 2. The van der Waals surface area contributed by atoms with Gasteiger partial charge in [-0.3, -0.25) is 14.6 Å². The fourth-order valence-corrected chi connectivity index (χ4v) is 4.01. The number of hydrogen-bond acceptors (Lipinski definition) is 6. The number of amides is 2. The van der Waals surface area contributed by atoms with E-state index in [0.717, 1.165) is 25.0 Å². The van der Waals surface area contributed by atoms with Crippen LogP contribution in [0.4, 0.5) is 5.69 Å². The summed E-state index contributed by atoms with van der Waals surface area (Å²) < 4.78 is 5.30. The molecule has 170 valence electrons. The van der Waals surface area contributed by atoms with Crippen molar-refractivity contribution in [1.29, 1.82) is 0 Å². The van der Waals surface area contributed by atoms with Gasteiger partial charge in [-0.05, 0) is 57.4 Å². The molecular weight excluding hydrogens is 418 g/mol. The van der Waals surface area contributed by atoms with Gasteiger partial charge in [-0.1, -0.05) is 12.1 Å². The Balaban J connectivity index is 1.56. The van der Waals surface area contributed by atoms with E-state index in [1.54, 1.807) is 38.4 Å². The molecule has 0 saturated carbocycles. The van der Waals surface area contributed by atoms with E-state index >= 15 is 0 Å². The van der Waals surface area contributed by atoms with Crippen LogP contribution in [-0.4, -0.2) is 45.3 Å². The van der Waals surface area contributed by atoms with Crippen LogP contribution in [-0.2, 0) is 0 Å². The van der Waals surface area contributed by atoms with E-state index in [0.29, 0.717) is 40.6 Å². The van der Waals surface area contributed by atoms with Gasteiger partial charge in [0.05, 0.1) is 35.7 Å². The smallest absolute Gasteiger partial charge is 0.259 e. The summed E-state index contributed by atoms with van der Waals surface area (Å²) in [6.07, 6.45) is 5.84. The Morgan fingerprint density at radius 1 is 1.06 bits per heavy atom. The molecule has 0 spiro atoms. The van der Waals surface area contributed by atoms with Gasteiger partial charge >= 0.3 is 0 Å². The van der Waals surface area contributed by atoms with Crippen molar-refractivity contribution in [1.82, 2.24) is 19.9 Å². The summed E-state index contributed by atoms with van der Waals surface area (Å²) in [7, 11) is 1.55. The molecule has 1 fully saturated rings. The monoisotopic (exact) mass is 445 g/mol. The number of para-hydroxylation sites is 2. The number of benzene rings is 1. The molecule has 1 saturated heterocycles. The van der Waals surface area contributed by atoms with Crippen LogP contribution in [0.5, 0.6) is 5.75 Å². The molecule has 0 bridgehead atoms. The second kappa shape index (κ2) is 9.77. The van der Waals surface area contributed by atoms with Crippen LogP contribution in [0, 0.1) is 13.8 Å². The number of nitrogens with zero attached hydrogens (tertiary/aromatic N) is 4. The zero-order chi connectivity index (χ0) is 23.4. The Morgan fingerprint density at radius 3 is 2.61 bits per heavy atom.